The largest absolute Gasteiger partial charge is 0.379 e. The fourth-order valence-corrected chi connectivity index (χ4v) is 3.25. The molecule has 0 bridgehead atoms. The summed E-state index contributed by atoms with van der Waals surface area (Å²) in [5, 5.41) is 4.05. The number of rotatable bonds is 5. The summed E-state index contributed by atoms with van der Waals surface area (Å²) in [7, 11) is 0. The van der Waals surface area contributed by atoms with Crippen LogP contribution in [0, 0.1) is 0 Å². The summed E-state index contributed by atoms with van der Waals surface area (Å²) in [6.45, 7) is 5.63. The topological polar surface area (TPSA) is 59.4 Å². The molecule has 0 spiro atoms. The van der Waals surface area contributed by atoms with Gasteiger partial charge in [0, 0.05) is 61.4 Å². The number of hydrogen-bond acceptors (Lipinski definition) is 4. The van der Waals surface area contributed by atoms with Crippen LogP contribution in [0.25, 0.3) is 10.9 Å². The summed E-state index contributed by atoms with van der Waals surface area (Å²) in [5.74, 6) is -0.149. The molecule has 1 saturated heterocycles. The number of anilines is 1. The maximum atomic E-state index is 12.3. The number of pyridine rings is 1. The van der Waals surface area contributed by atoms with E-state index in [9.17, 15) is 4.79 Å². The van der Waals surface area contributed by atoms with E-state index in [-0.39, 0.29) is 5.91 Å². The van der Waals surface area contributed by atoms with Crippen LogP contribution < -0.4 is 5.32 Å². The molecule has 2 aromatic heterocycles. The van der Waals surface area contributed by atoms with Crippen molar-refractivity contribution in [1.82, 2.24) is 14.5 Å². The zero-order valence-corrected chi connectivity index (χ0v) is 14.6. The Labute approximate surface area is 152 Å². The number of benzene rings is 1. The first-order valence-electron chi connectivity index (χ1n) is 8.90. The maximum Gasteiger partial charge on any atom is 0.257 e. The van der Waals surface area contributed by atoms with Crippen LogP contribution in [0.1, 0.15) is 10.4 Å². The molecule has 3 heterocycles. The van der Waals surface area contributed by atoms with Crippen molar-refractivity contribution in [2.45, 2.75) is 6.54 Å². The van der Waals surface area contributed by atoms with E-state index in [1.54, 1.807) is 24.5 Å². The van der Waals surface area contributed by atoms with E-state index in [4.69, 9.17) is 4.74 Å². The van der Waals surface area contributed by atoms with Gasteiger partial charge in [0.25, 0.3) is 5.91 Å². The number of amides is 1. The van der Waals surface area contributed by atoms with E-state index in [1.807, 2.05) is 12.1 Å². The SMILES string of the molecule is O=C(Nc1ccc2c(ccn2CCN2CCOCC2)c1)c1cccnc1. The van der Waals surface area contributed by atoms with Crippen molar-refractivity contribution in [1.29, 1.82) is 0 Å². The molecule has 0 radical (unpaired) electrons. The van der Waals surface area contributed by atoms with Crippen LogP contribution in [0.5, 0.6) is 0 Å². The lowest BCUT2D eigenvalue weighted by atomic mass is 10.2. The third-order valence-corrected chi connectivity index (χ3v) is 4.71. The number of aromatic nitrogens is 2. The van der Waals surface area contributed by atoms with Gasteiger partial charge < -0.3 is 14.6 Å². The molecule has 0 unspecified atom stereocenters. The van der Waals surface area contributed by atoms with Crippen molar-refractivity contribution >= 4 is 22.5 Å². The Morgan fingerprint density at radius 2 is 2.04 bits per heavy atom. The molecular formula is C20H22N4O2. The van der Waals surface area contributed by atoms with Crippen LogP contribution in [0.2, 0.25) is 0 Å². The van der Waals surface area contributed by atoms with Gasteiger partial charge in [0.1, 0.15) is 0 Å². The number of morpholine rings is 1. The van der Waals surface area contributed by atoms with Gasteiger partial charge in [-0.05, 0) is 36.4 Å². The molecule has 1 amide bonds. The Balaban J connectivity index is 1.44. The highest BCUT2D eigenvalue weighted by atomic mass is 16.5. The summed E-state index contributed by atoms with van der Waals surface area (Å²) >= 11 is 0. The number of nitrogens with zero attached hydrogens (tertiary/aromatic N) is 3. The van der Waals surface area contributed by atoms with Gasteiger partial charge in [-0.2, -0.15) is 0 Å². The van der Waals surface area contributed by atoms with Crippen molar-refractivity contribution in [2.75, 3.05) is 38.2 Å². The Bertz CT molecular complexity index is 885. The quantitative estimate of drug-likeness (QED) is 0.768. The summed E-state index contributed by atoms with van der Waals surface area (Å²) in [6.07, 6.45) is 5.33. The fraction of sp³-hybridized carbons (Fsp3) is 0.300. The molecule has 1 aliphatic rings. The molecule has 0 aliphatic carbocycles. The third-order valence-electron chi connectivity index (χ3n) is 4.71. The van der Waals surface area contributed by atoms with Gasteiger partial charge in [0.2, 0.25) is 0 Å². The Hall–Kier alpha value is -2.70. The first kappa shape index (κ1) is 16.8. The molecule has 1 aliphatic heterocycles. The van der Waals surface area contributed by atoms with Crippen LogP contribution in [0.4, 0.5) is 5.69 Å². The second kappa shape index (κ2) is 7.68. The predicted octanol–water partition coefficient (Wildman–Crippen LogP) is 2.62. The van der Waals surface area contributed by atoms with Gasteiger partial charge in [-0.3, -0.25) is 14.7 Å². The predicted molar refractivity (Wildman–Crippen MR) is 101 cm³/mol. The Morgan fingerprint density at radius 3 is 2.85 bits per heavy atom. The molecule has 1 N–H and O–H groups in total. The molecule has 6 nitrogen and oxygen atoms in total. The third kappa shape index (κ3) is 3.76. The highest BCUT2D eigenvalue weighted by Crippen LogP contribution is 2.21. The van der Waals surface area contributed by atoms with Crippen molar-refractivity contribution < 1.29 is 9.53 Å². The van der Waals surface area contributed by atoms with Crippen molar-refractivity contribution in [2.24, 2.45) is 0 Å². The second-order valence-electron chi connectivity index (χ2n) is 6.43. The highest BCUT2D eigenvalue weighted by Gasteiger charge is 2.11. The summed E-state index contributed by atoms with van der Waals surface area (Å²) in [5.41, 5.74) is 2.52. The molecule has 4 rings (SSSR count). The lowest BCUT2D eigenvalue weighted by Crippen LogP contribution is -2.38. The Morgan fingerprint density at radius 1 is 1.15 bits per heavy atom. The van der Waals surface area contributed by atoms with Gasteiger partial charge in [-0.25, -0.2) is 0 Å². The lowest BCUT2D eigenvalue weighted by molar-refractivity contribution is 0.0365. The second-order valence-corrected chi connectivity index (χ2v) is 6.43. The van der Waals surface area contributed by atoms with Crippen LogP contribution in [-0.2, 0) is 11.3 Å². The molecule has 6 heteroatoms. The van der Waals surface area contributed by atoms with Gasteiger partial charge in [-0.1, -0.05) is 0 Å². The first-order valence-corrected chi connectivity index (χ1v) is 8.90. The standard InChI is InChI=1S/C20H22N4O2/c25-20(17-2-1-6-21-15-17)22-18-3-4-19-16(14-18)5-7-24(19)9-8-23-10-12-26-13-11-23/h1-7,14-15H,8-13H2,(H,22,25). The van der Waals surface area contributed by atoms with Crippen LogP contribution in [0.15, 0.2) is 55.0 Å². The van der Waals surface area contributed by atoms with Crippen molar-refractivity contribution in [3.05, 3.63) is 60.6 Å². The molecule has 0 saturated carbocycles. The van der Waals surface area contributed by atoms with E-state index in [1.165, 1.54) is 5.52 Å². The molecule has 1 fully saturated rings. The van der Waals surface area contributed by atoms with E-state index in [0.29, 0.717) is 5.56 Å². The molecule has 1 aromatic carbocycles. The molecule has 26 heavy (non-hydrogen) atoms. The maximum absolute atomic E-state index is 12.3. The Kier molecular flexibility index (Phi) is 4.95. The van der Waals surface area contributed by atoms with Gasteiger partial charge >= 0.3 is 0 Å². The van der Waals surface area contributed by atoms with Crippen molar-refractivity contribution in [3.63, 3.8) is 0 Å². The van der Waals surface area contributed by atoms with Crippen LogP contribution >= 0.6 is 0 Å². The zero-order valence-electron chi connectivity index (χ0n) is 14.6. The smallest absolute Gasteiger partial charge is 0.257 e. The summed E-state index contributed by atoms with van der Waals surface area (Å²) in [4.78, 5) is 18.7. The van der Waals surface area contributed by atoms with Crippen LogP contribution in [0.3, 0.4) is 0 Å². The molecule has 134 valence electrons. The first-order chi connectivity index (χ1) is 12.8. The minimum Gasteiger partial charge on any atom is -0.379 e. The summed E-state index contributed by atoms with van der Waals surface area (Å²) in [6, 6.07) is 11.6. The van der Waals surface area contributed by atoms with E-state index in [0.717, 1.165) is 50.5 Å². The fourth-order valence-electron chi connectivity index (χ4n) is 3.25. The summed E-state index contributed by atoms with van der Waals surface area (Å²) < 4.78 is 7.66. The normalized spacial score (nSPS) is 15.2. The van der Waals surface area contributed by atoms with E-state index < -0.39 is 0 Å². The van der Waals surface area contributed by atoms with Crippen molar-refractivity contribution in [3.8, 4) is 0 Å². The number of fused-ring (bicyclic) bond motifs is 1. The number of carbonyl (C=O) groups excluding carboxylic acids is 1. The minimum atomic E-state index is -0.149. The number of hydrogen-bond donors (Lipinski definition) is 1. The van der Waals surface area contributed by atoms with Crippen LogP contribution in [-0.4, -0.2) is 53.2 Å². The van der Waals surface area contributed by atoms with Gasteiger partial charge in [0.15, 0.2) is 0 Å². The minimum absolute atomic E-state index is 0.149. The monoisotopic (exact) mass is 350 g/mol. The van der Waals surface area contributed by atoms with E-state index in [2.05, 4.69) is 38.1 Å². The number of ether oxygens (including phenoxy) is 1. The van der Waals surface area contributed by atoms with E-state index >= 15 is 0 Å². The average Bonchev–Trinajstić information content (AvgIpc) is 3.10. The van der Waals surface area contributed by atoms with Gasteiger partial charge in [0.05, 0.1) is 18.8 Å². The molecule has 0 atom stereocenters. The average molecular weight is 350 g/mol. The number of carbonyl (C=O) groups is 1. The van der Waals surface area contributed by atoms with Gasteiger partial charge in [-0.15, -0.1) is 0 Å². The lowest BCUT2D eigenvalue weighted by Gasteiger charge is -2.26. The highest BCUT2D eigenvalue weighted by molar-refractivity contribution is 6.04. The molecular weight excluding hydrogens is 328 g/mol. The number of nitrogens with one attached hydrogen (secondary N) is 1. The zero-order chi connectivity index (χ0) is 17.8. The molecule has 3 aromatic rings.